The summed E-state index contributed by atoms with van der Waals surface area (Å²) in [6.45, 7) is 5.92. The van der Waals surface area contributed by atoms with Gasteiger partial charge in [0.15, 0.2) is 17.3 Å². The first-order valence-corrected chi connectivity index (χ1v) is 12.4. The summed E-state index contributed by atoms with van der Waals surface area (Å²) in [6, 6.07) is 7.58. The fraction of sp³-hybridized carbons (Fsp3) is 0.276. The number of fused-ring (bicyclic) bond motifs is 2. The van der Waals surface area contributed by atoms with E-state index in [9.17, 15) is 19.1 Å². The molecule has 196 valence electrons. The van der Waals surface area contributed by atoms with Gasteiger partial charge in [-0.25, -0.2) is 13.3 Å². The third-order valence-electron chi connectivity index (χ3n) is 7.03. The topological polar surface area (TPSA) is 92.9 Å². The van der Waals surface area contributed by atoms with E-state index in [0.29, 0.717) is 46.4 Å². The molecule has 5 rings (SSSR count). The smallest absolute Gasteiger partial charge is 0.307 e. The molecule has 0 aliphatic carbocycles. The number of carbonyl (C=O) groups excluding carboxylic acids is 1. The normalized spacial score (nSPS) is 12.8. The number of aryl methyl sites for hydroxylation is 2. The van der Waals surface area contributed by atoms with Crippen molar-refractivity contribution in [1.29, 1.82) is 0 Å². The number of benzene rings is 2. The molecule has 9 heteroatoms. The van der Waals surface area contributed by atoms with Crippen molar-refractivity contribution >= 4 is 17.4 Å². The van der Waals surface area contributed by atoms with Gasteiger partial charge in [-0.2, -0.15) is 5.10 Å². The number of carboxylic acids is 1. The molecule has 38 heavy (non-hydrogen) atoms. The minimum Gasteiger partial charge on any atom is -0.490 e. The van der Waals surface area contributed by atoms with Crippen molar-refractivity contribution in [3.8, 4) is 16.9 Å². The SMILES string of the molecule is Cc1cc(CNC(=O)c2cc3c(-c4cc(F)c5c(c4C)CCCO5)c(CC(=O)O)c(C)cn3n2)ccc1F. The number of aliphatic carboxylic acids is 1. The summed E-state index contributed by atoms with van der Waals surface area (Å²) in [7, 11) is 0. The lowest BCUT2D eigenvalue weighted by Crippen LogP contribution is -2.23. The van der Waals surface area contributed by atoms with Crippen molar-refractivity contribution in [3.63, 3.8) is 0 Å². The Balaban J connectivity index is 1.61. The van der Waals surface area contributed by atoms with Gasteiger partial charge in [0.1, 0.15) is 5.82 Å². The largest absolute Gasteiger partial charge is 0.490 e. The van der Waals surface area contributed by atoms with Crippen molar-refractivity contribution in [3.05, 3.63) is 87.2 Å². The number of hydrogen-bond acceptors (Lipinski definition) is 4. The molecule has 0 fully saturated rings. The molecule has 2 N–H and O–H groups in total. The Morgan fingerprint density at radius 2 is 1.89 bits per heavy atom. The summed E-state index contributed by atoms with van der Waals surface area (Å²) in [5.74, 6) is -2.05. The molecule has 0 unspecified atom stereocenters. The van der Waals surface area contributed by atoms with Crippen LogP contribution in [0.5, 0.6) is 5.75 Å². The van der Waals surface area contributed by atoms with Gasteiger partial charge in [0.2, 0.25) is 0 Å². The molecular weight excluding hydrogens is 492 g/mol. The predicted octanol–water partition coefficient (Wildman–Crippen LogP) is 5.09. The van der Waals surface area contributed by atoms with Crippen molar-refractivity contribution in [2.75, 3.05) is 6.61 Å². The summed E-state index contributed by atoms with van der Waals surface area (Å²) in [4.78, 5) is 24.8. The number of hydrogen-bond donors (Lipinski definition) is 2. The lowest BCUT2D eigenvalue weighted by atomic mass is 9.88. The van der Waals surface area contributed by atoms with Gasteiger partial charge in [0, 0.05) is 23.9 Å². The van der Waals surface area contributed by atoms with Gasteiger partial charge in [-0.1, -0.05) is 12.1 Å². The van der Waals surface area contributed by atoms with Crippen LogP contribution < -0.4 is 10.1 Å². The Morgan fingerprint density at radius 1 is 1.11 bits per heavy atom. The number of pyridine rings is 1. The van der Waals surface area contributed by atoms with Crippen molar-refractivity contribution in [1.82, 2.24) is 14.9 Å². The van der Waals surface area contributed by atoms with Crippen LogP contribution in [0.4, 0.5) is 8.78 Å². The zero-order valence-electron chi connectivity index (χ0n) is 21.3. The first-order chi connectivity index (χ1) is 18.1. The van der Waals surface area contributed by atoms with Crippen LogP contribution in [-0.2, 0) is 24.2 Å². The summed E-state index contributed by atoms with van der Waals surface area (Å²) in [5.41, 5.74) is 5.66. The minimum atomic E-state index is -1.02. The number of nitrogens with zero attached hydrogens (tertiary/aromatic N) is 2. The molecular formula is C29H27F2N3O4. The summed E-state index contributed by atoms with van der Waals surface area (Å²) in [5, 5.41) is 16.9. The van der Waals surface area contributed by atoms with E-state index < -0.39 is 17.7 Å². The highest BCUT2D eigenvalue weighted by Crippen LogP contribution is 2.40. The molecule has 0 atom stereocenters. The zero-order chi connectivity index (χ0) is 27.1. The lowest BCUT2D eigenvalue weighted by Gasteiger charge is -2.23. The second-order valence-corrected chi connectivity index (χ2v) is 9.65. The number of nitrogens with one attached hydrogen (secondary N) is 1. The predicted molar refractivity (Wildman–Crippen MR) is 138 cm³/mol. The van der Waals surface area contributed by atoms with Gasteiger partial charge in [-0.3, -0.25) is 9.59 Å². The van der Waals surface area contributed by atoms with Crippen LogP contribution >= 0.6 is 0 Å². The van der Waals surface area contributed by atoms with Gasteiger partial charge in [0.05, 0.1) is 18.5 Å². The van der Waals surface area contributed by atoms with E-state index in [0.717, 1.165) is 23.1 Å². The molecule has 2 aromatic carbocycles. The molecule has 0 bridgehead atoms. The van der Waals surface area contributed by atoms with Crippen LogP contribution in [-0.4, -0.2) is 33.2 Å². The summed E-state index contributed by atoms with van der Waals surface area (Å²) in [6.07, 6.45) is 2.80. The van der Waals surface area contributed by atoms with E-state index in [1.165, 1.54) is 16.6 Å². The van der Waals surface area contributed by atoms with E-state index in [1.807, 2.05) is 6.92 Å². The Morgan fingerprint density at radius 3 is 2.63 bits per heavy atom. The van der Waals surface area contributed by atoms with E-state index >= 15 is 4.39 Å². The van der Waals surface area contributed by atoms with Gasteiger partial charge in [-0.05, 0) is 85.2 Å². The maximum Gasteiger partial charge on any atom is 0.307 e. The number of halogens is 2. The molecule has 0 radical (unpaired) electrons. The molecule has 0 saturated heterocycles. The average molecular weight is 520 g/mol. The van der Waals surface area contributed by atoms with Crippen LogP contribution in [0.1, 0.15) is 50.3 Å². The molecule has 2 aromatic heterocycles. The van der Waals surface area contributed by atoms with Crippen LogP contribution in [0.2, 0.25) is 0 Å². The fourth-order valence-corrected chi connectivity index (χ4v) is 5.09. The number of ether oxygens (including phenoxy) is 1. The van der Waals surface area contributed by atoms with E-state index in [1.54, 1.807) is 38.2 Å². The molecule has 3 heterocycles. The number of carboxylic acid groups (broad SMARTS) is 1. The monoisotopic (exact) mass is 519 g/mol. The van der Waals surface area contributed by atoms with Crippen LogP contribution in [0, 0.1) is 32.4 Å². The van der Waals surface area contributed by atoms with Gasteiger partial charge in [-0.15, -0.1) is 0 Å². The van der Waals surface area contributed by atoms with Gasteiger partial charge < -0.3 is 15.2 Å². The van der Waals surface area contributed by atoms with Gasteiger partial charge in [0.25, 0.3) is 5.91 Å². The average Bonchev–Trinajstić information content (AvgIpc) is 3.31. The van der Waals surface area contributed by atoms with Crippen molar-refractivity contribution in [2.24, 2.45) is 0 Å². The number of amides is 1. The van der Waals surface area contributed by atoms with E-state index in [2.05, 4.69) is 10.4 Å². The fourth-order valence-electron chi connectivity index (χ4n) is 5.09. The quantitative estimate of drug-likeness (QED) is 0.370. The van der Waals surface area contributed by atoms with Crippen LogP contribution in [0.3, 0.4) is 0 Å². The third-order valence-corrected chi connectivity index (χ3v) is 7.03. The first-order valence-electron chi connectivity index (χ1n) is 12.4. The van der Waals surface area contributed by atoms with Crippen molar-refractivity contribution in [2.45, 2.75) is 46.6 Å². The highest BCUT2D eigenvalue weighted by atomic mass is 19.1. The second kappa shape index (κ2) is 9.89. The van der Waals surface area contributed by atoms with E-state index in [-0.39, 0.29) is 30.2 Å². The van der Waals surface area contributed by atoms with Crippen LogP contribution in [0.15, 0.2) is 36.5 Å². The molecule has 7 nitrogen and oxygen atoms in total. The Kier molecular flexibility index (Phi) is 6.60. The Bertz CT molecular complexity index is 1610. The van der Waals surface area contributed by atoms with Crippen molar-refractivity contribution < 1.29 is 28.2 Å². The Labute approximate surface area is 218 Å². The number of carbonyl (C=O) groups is 2. The standard InChI is InChI=1S/C29H27F2N3O4/c1-15-9-18(6-7-22(15)30)13-32-29(37)24-12-25-27(20(11-26(35)36)16(2)14-34(25)33-24)21-10-23(31)28-19(17(21)3)5-4-8-38-28/h6-7,9-10,12,14H,4-5,8,11,13H2,1-3H3,(H,32,37)(H,35,36). The van der Waals surface area contributed by atoms with E-state index in [4.69, 9.17) is 4.74 Å². The third kappa shape index (κ3) is 4.60. The molecule has 0 saturated carbocycles. The molecule has 4 aromatic rings. The highest BCUT2D eigenvalue weighted by molar-refractivity contribution is 5.96. The maximum atomic E-state index is 15.2. The lowest BCUT2D eigenvalue weighted by molar-refractivity contribution is -0.136. The number of rotatable bonds is 6. The second-order valence-electron chi connectivity index (χ2n) is 9.65. The zero-order valence-corrected chi connectivity index (χ0v) is 21.3. The summed E-state index contributed by atoms with van der Waals surface area (Å²) < 4.78 is 35.9. The molecule has 0 spiro atoms. The summed E-state index contributed by atoms with van der Waals surface area (Å²) >= 11 is 0. The maximum absolute atomic E-state index is 15.2. The number of aromatic nitrogens is 2. The molecule has 1 aliphatic rings. The van der Waals surface area contributed by atoms with Gasteiger partial charge >= 0.3 is 5.97 Å². The molecule has 1 aliphatic heterocycles. The van der Waals surface area contributed by atoms with Crippen LogP contribution in [0.25, 0.3) is 16.6 Å². The first kappa shape index (κ1) is 25.4. The highest BCUT2D eigenvalue weighted by Gasteiger charge is 2.26. The Hall–Kier alpha value is -4.27. The molecule has 1 amide bonds. The minimum absolute atomic E-state index is 0.122.